The Morgan fingerprint density at radius 1 is 1.64 bits per heavy atom. The van der Waals surface area contributed by atoms with Crippen LogP contribution < -0.4 is 5.32 Å². The minimum Gasteiger partial charge on any atom is -0.393 e. The lowest BCUT2D eigenvalue weighted by atomic mass is 10.2. The average Bonchev–Trinajstić information content (AvgIpc) is 2.18. The third-order valence-electron chi connectivity index (χ3n) is 2.33. The standard InChI is InChI=1S/C10H19NO2S/c1-8(12)5-6-11-10(13)9-4-2-3-7-14-9/h8-9,12H,2-7H2,1H3,(H,11,13). The van der Waals surface area contributed by atoms with Gasteiger partial charge < -0.3 is 10.4 Å². The molecule has 2 atom stereocenters. The molecule has 1 aliphatic heterocycles. The summed E-state index contributed by atoms with van der Waals surface area (Å²) in [4.78, 5) is 11.6. The molecular formula is C10H19NO2S. The zero-order valence-electron chi connectivity index (χ0n) is 8.66. The van der Waals surface area contributed by atoms with E-state index in [2.05, 4.69) is 5.32 Å². The van der Waals surface area contributed by atoms with Crippen molar-refractivity contribution < 1.29 is 9.90 Å². The zero-order chi connectivity index (χ0) is 10.4. The molecule has 0 aromatic rings. The number of hydrogen-bond acceptors (Lipinski definition) is 3. The van der Waals surface area contributed by atoms with Gasteiger partial charge in [-0.3, -0.25) is 4.79 Å². The summed E-state index contributed by atoms with van der Waals surface area (Å²) in [5.41, 5.74) is 0. The van der Waals surface area contributed by atoms with Gasteiger partial charge in [0, 0.05) is 6.54 Å². The first-order valence-electron chi connectivity index (χ1n) is 5.27. The maximum absolute atomic E-state index is 11.6. The van der Waals surface area contributed by atoms with E-state index in [0.717, 1.165) is 12.2 Å². The molecule has 14 heavy (non-hydrogen) atoms. The zero-order valence-corrected chi connectivity index (χ0v) is 9.48. The molecular weight excluding hydrogens is 198 g/mol. The van der Waals surface area contributed by atoms with Gasteiger partial charge >= 0.3 is 0 Å². The number of rotatable bonds is 4. The van der Waals surface area contributed by atoms with E-state index in [9.17, 15) is 4.79 Å². The lowest BCUT2D eigenvalue weighted by molar-refractivity contribution is -0.120. The van der Waals surface area contributed by atoms with E-state index in [-0.39, 0.29) is 17.3 Å². The van der Waals surface area contributed by atoms with Crippen LogP contribution in [0.25, 0.3) is 0 Å². The van der Waals surface area contributed by atoms with Crippen LogP contribution in [0.5, 0.6) is 0 Å². The molecule has 1 fully saturated rings. The lowest BCUT2D eigenvalue weighted by Crippen LogP contribution is -2.35. The van der Waals surface area contributed by atoms with Crippen molar-refractivity contribution in [2.45, 2.75) is 44.0 Å². The number of nitrogens with one attached hydrogen (secondary N) is 1. The van der Waals surface area contributed by atoms with Gasteiger partial charge in [0.25, 0.3) is 0 Å². The van der Waals surface area contributed by atoms with Crippen molar-refractivity contribution in [3.05, 3.63) is 0 Å². The maximum atomic E-state index is 11.6. The second-order valence-electron chi connectivity index (χ2n) is 3.78. The van der Waals surface area contributed by atoms with E-state index in [4.69, 9.17) is 5.11 Å². The van der Waals surface area contributed by atoms with Crippen LogP contribution in [0.3, 0.4) is 0 Å². The number of carbonyl (C=O) groups is 1. The highest BCUT2D eigenvalue weighted by molar-refractivity contribution is 8.00. The van der Waals surface area contributed by atoms with Crippen LogP contribution in [0.4, 0.5) is 0 Å². The molecule has 1 heterocycles. The molecule has 1 amide bonds. The van der Waals surface area contributed by atoms with Crippen molar-refractivity contribution in [1.29, 1.82) is 0 Å². The SMILES string of the molecule is CC(O)CCNC(=O)C1CCCCS1. The van der Waals surface area contributed by atoms with Crippen molar-refractivity contribution in [1.82, 2.24) is 5.32 Å². The third-order valence-corrected chi connectivity index (χ3v) is 3.71. The van der Waals surface area contributed by atoms with Gasteiger partial charge in [0.05, 0.1) is 11.4 Å². The maximum Gasteiger partial charge on any atom is 0.233 e. The monoisotopic (exact) mass is 217 g/mol. The molecule has 0 saturated carbocycles. The van der Waals surface area contributed by atoms with E-state index >= 15 is 0 Å². The van der Waals surface area contributed by atoms with Gasteiger partial charge in [-0.05, 0) is 31.9 Å². The van der Waals surface area contributed by atoms with Crippen molar-refractivity contribution in [2.75, 3.05) is 12.3 Å². The number of thioether (sulfide) groups is 1. The van der Waals surface area contributed by atoms with Crippen LogP contribution in [-0.2, 0) is 4.79 Å². The normalized spacial score (nSPS) is 24.3. The number of aliphatic hydroxyl groups excluding tert-OH is 1. The number of carbonyl (C=O) groups excluding carboxylic acids is 1. The van der Waals surface area contributed by atoms with Crippen molar-refractivity contribution in [3.8, 4) is 0 Å². The summed E-state index contributed by atoms with van der Waals surface area (Å²) in [6, 6.07) is 0. The minimum absolute atomic E-state index is 0.148. The fourth-order valence-corrected chi connectivity index (χ4v) is 2.69. The topological polar surface area (TPSA) is 49.3 Å². The highest BCUT2D eigenvalue weighted by Gasteiger charge is 2.20. The summed E-state index contributed by atoms with van der Waals surface area (Å²) in [6.07, 6.45) is 3.73. The van der Waals surface area contributed by atoms with Crippen molar-refractivity contribution >= 4 is 17.7 Å². The minimum atomic E-state index is -0.325. The Morgan fingerprint density at radius 3 is 3.00 bits per heavy atom. The van der Waals surface area contributed by atoms with E-state index in [1.54, 1.807) is 18.7 Å². The van der Waals surface area contributed by atoms with Crippen molar-refractivity contribution in [3.63, 3.8) is 0 Å². The first kappa shape index (κ1) is 11.9. The summed E-state index contributed by atoms with van der Waals surface area (Å²) in [5.74, 6) is 1.25. The molecule has 0 bridgehead atoms. The van der Waals surface area contributed by atoms with Crippen LogP contribution in [-0.4, -0.2) is 34.7 Å². The number of hydrogen-bond donors (Lipinski definition) is 2. The van der Waals surface area contributed by atoms with E-state index in [1.807, 2.05) is 0 Å². The fourth-order valence-electron chi connectivity index (χ4n) is 1.47. The molecule has 1 saturated heterocycles. The van der Waals surface area contributed by atoms with E-state index < -0.39 is 0 Å². The Balaban J connectivity index is 2.13. The molecule has 0 aromatic heterocycles. The first-order valence-corrected chi connectivity index (χ1v) is 6.32. The van der Waals surface area contributed by atoms with Gasteiger partial charge in [0.15, 0.2) is 0 Å². The molecule has 0 radical (unpaired) electrons. The molecule has 0 spiro atoms. The van der Waals surface area contributed by atoms with Crippen LogP contribution in [0.2, 0.25) is 0 Å². The Labute approximate surface area is 89.6 Å². The highest BCUT2D eigenvalue weighted by atomic mass is 32.2. The Kier molecular flexibility index (Phi) is 5.33. The molecule has 82 valence electrons. The molecule has 0 aliphatic carbocycles. The predicted molar refractivity (Wildman–Crippen MR) is 59.4 cm³/mol. The highest BCUT2D eigenvalue weighted by Crippen LogP contribution is 2.24. The summed E-state index contributed by atoms with van der Waals surface area (Å²) in [6.45, 7) is 2.33. The third kappa shape index (κ3) is 4.33. The molecule has 3 nitrogen and oxygen atoms in total. The number of aliphatic hydroxyl groups is 1. The Bertz CT molecular complexity index is 179. The Morgan fingerprint density at radius 2 is 2.43 bits per heavy atom. The molecule has 2 unspecified atom stereocenters. The molecule has 1 aliphatic rings. The van der Waals surface area contributed by atoms with Gasteiger partial charge in [-0.1, -0.05) is 6.42 Å². The van der Waals surface area contributed by atoms with Crippen LogP contribution >= 0.6 is 11.8 Å². The average molecular weight is 217 g/mol. The van der Waals surface area contributed by atoms with Gasteiger partial charge in [0.2, 0.25) is 5.91 Å². The van der Waals surface area contributed by atoms with Gasteiger partial charge in [-0.2, -0.15) is 0 Å². The van der Waals surface area contributed by atoms with Crippen molar-refractivity contribution in [2.24, 2.45) is 0 Å². The molecule has 2 N–H and O–H groups in total. The summed E-state index contributed by atoms with van der Waals surface area (Å²) in [7, 11) is 0. The van der Waals surface area contributed by atoms with Crippen LogP contribution in [0.1, 0.15) is 32.6 Å². The largest absolute Gasteiger partial charge is 0.393 e. The van der Waals surface area contributed by atoms with Crippen LogP contribution in [0.15, 0.2) is 0 Å². The molecule has 0 aromatic carbocycles. The lowest BCUT2D eigenvalue weighted by Gasteiger charge is -2.20. The summed E-state index contributed by atoms with van der Waals surface area (Å²) in [5, 5.41) is 12.0. The molecule has 4 heteroatoms. The predicted octanol–water partition coefficient (Wildman–Crippen LogP) is 1.16. The summed E-state index contributed by atoms with van der Waals surface area (Å²) < 4.78 is 0. The fraction of sp³-hybridized carbons (Fsp3) is 0.900. The van der Waals surface area contributed by atoms with Gasteiger partial charge in [-0.15, -0.1) is 11.8 Å². The quantitative estimate of drug-likeness (QED) is 0.743. The Hall–Kier alpha value is -0.220. The van der Waals surface area contributed by atoms with Gasteiger partial charge in [-0.25, -0.2) is 0 Å². The molecule has 1 rings (SSSR count). The second-order valence-corrected chi connectivity index (χ2v) is 5.09. The first-order chi connectivity index (χ1) is 6.70. The number of amides is 1. The van der Waals surface area contributed by atoms with Crippen LogP contribution in [0, 0.1) is 0 Å². The van der Waals surface area contributed by atoms with E-state index in [0.29, 0.717) is 13.0 Å². The summed E-state index contributed by atoms with van der Waals surface area (Å²) >= 11 is 1.76. The smallest absolute Gasteiger partial charge is 0.233 e. The van der Waals surface area contributed by atoms with Gasteiger partial charge in [0.1, 0.15) is 0 Å². The van der Waals surface area contributed by atoms with E-state index in [1.165, 1.54) is 12.8 Å². The second kappa shape index (κ2) is 6.30.